The predicted molar refractivity (Wildman–Crippen MR) is 147 cm³/mol. The van der Waals surface area contributed by atoms with Gasteiger partial charge in [-0.05, 0) is 6.42 Å². The summed E-state index contributed by atoms with van der Waals surface area (Å²) in [5, 5.41) is 105. The molecule has 3 saturated heterocycles. The number of carbonyl (C=O) groups is 2. The van der Waals surface area contributed by atoms with Gasteiger partial charge in [0, 0.05) is 25.8 Å². The highest BCUT2D eigenvalue weighted by atomic mass is 16.7. The van der Waals surface area contributed by atoms with Gasteiger partial charge in [-0.15, -0.1) is 0 Å². The normalized spacial score (nSPS) is 41.7. The molecule has 0 aliphatic carbocycles. The molecule has 0 unspecified atom stereocenters. The summed E-state index contributed by atoms with van der Waals surface area (Å²) in [7, 11) is 0. The van der Waals surface area contributed by atoms with Crippen molar-refractivity contribution in [3.63, 3.8) is 0 Å². The third-order valence-corrected chi connectivity index (χ3v) is 7.92. The van der Waals surface area contributed by atoms with E-state index in [9.17, 15) is 60.7 Å². The molecule has 19 heteroatoms. The second kappa shape index (κ2) is 18.3. The predicted octanol–water partition coefficient (Wildman–Crippen LogP) is -6.28. The Morgan fingerprint density at radius 3 is 1.76 bits per heavy atom. The van der Waals surface area contributed by atoms with Crippen molar-refractivity contribution in [2.75, 3.05) is 33.0 Å². The lowest BCUT2D eigenvalue weighted by molar-refractivity contribution is -0.366. The summed E-state index contributed by atoms with van der Waals surface area (Å²) in [5.74, 6) is -0.461. The lowest BCUT2D eigenvalue weighted by Gasteiger charge is -2.46. The molecule has 46 heavy (non-hydrogen) atoms. The third kappa shape index (κ3) is 9.78. The molecule has 0 aromatic heterocycles. The van der Waals surface area contributed by atoms with Crippen LogP contribution >= 0.6 is 0 Å². The lowest BCUT2D eigenvalue weighted by Crippen LogP contribution is -2.65. The standard InChI is InChI=1S/C27H47NO18/c1-2-3-11(31)4-5-15(32)28-6-7-41-26-23(40)24(46-27-22(39)20(37)17(34)13(9-30)44-27)18(35)14(45-26)10-42-25-21(38)19(36)16(33)12(8-29)43-25/h12-14,16-27,29-30,33-40H,2-10H2,1H3,(H,28,32)/t12-,13-,14-,16-,17-,18-,19+,20+,21+,22+,23+,24+,25+,26+,27-/m1/s1. The first kappa shape index (κ1) is 38.9. The van der Waals surface area contributed by atoms with Gasteiger partial charge in [0.05, 0.1) is 26.4 Å². The molecule has 3 aliphatic heterocycles. The molecule has 3 rings (SSSR count). The van der Waals surface area contributed by atoms with Crippen LogP contribution in [0.4, 0.5) is 0 Å². The number of ketones is 1. The zero-order valence-corrected chi connectivity index (χ0v) is 25.3. The molecule has 0 bridgehead atoms. The number of carbonyl (C=O) groups excluding carboxylic acids is 2. The number of Topliss-reactive ketones (excluding diaryl/α,β-unsaturated/α-hetero) is 1. The van der Waals surface area contributed by atoms with Crippen molar-refractivity contribution in [2.45, 2.75) is 125 Å². The van der Waals surface area contributed by atoms with E-state index in [1.54, 1.807) is 0 Å². The maximum atomic E-state index is 12.1. The van der Waals surface area contributed by atoms with Crippen LogP contribution in [0.2, 0.25) is 0 Å². The maximum Gasteiger partial charge on any atom is 0.220 e. The second-order valence-electron chi connectivity index (χ2n) is 11.4. The molecule has 268 valence electrons. The van der Waals surface area contributed by atoms with Crippen LogP contribution in [0.3, 0.4) is 0 Å². The maximum absolute atomic E-state index is 12.1. The van der Waals surface area contributed by atoms with E-state index in [0.717, 1.165) is 0 Å². The Hall–Kier alpha value is -1.50. The minimum Gasteiger partial charge on any atom is -0.394 e. The number of hydrogen-bond donors (Lipinski definition) is 11. The molecule has 0 radical (unpaired) electrons. The molecule has 0 aromatic rings. The van der Waals surface area contributed by atoms with Gasteiger partial charge in [0.25, 0.3) is 0 Å². The van der Waals surface area contributed by atoms with E-state index in [1.807, 2.05) is 6.92 Å². The van der Waals surface area contributed by atoms with Crippen LogP contribution in [0.1, 0.15) is 32.6 Å². The lowest BCUT2D eigenvalue weighted by atomic mass is 9.96. The van der Waals surface area contributed by atoms with Crippen LogP contribution in [-0.2, 0) is 38.0 Å². The van der Waals surface area contributed by atoms with Crippen molar-refractivity contribution in [3.05, 3.63) is 0 Å². The van der Waals surface area contributed by atoms with E-state index in [2.05, 4.69) is 5.32 Å². The monoisotopic (exact) mass is 673 g/mol. The summed E-state index contributed by atoms with van der Waals surface area (Å²) in [4.78, 5) is 23.7. The number of rotatable bonds is 16. The Morgan fingerprint density at radius 1 is 0.630 bits per heavy atom. The summed E-state index contributed by atoms with van der Waals surface area (Å²) >= 11 is 0. The number of hydrogen-bond acceptors (Lipinski definition) is 18. The minimum absolute atomic E-state index is 0.0278. The Bertz CT molecular complexity index is 942. The highest BCUT2D eigenvalue weighted by Gasteiger charge is 2.52. The quantitative estimate of drug-likeness (QED) is 0.0679. The van der Waals surface area contributed by atoms with E-state index in [-0.39, 0.29) is 31.8 Å². The summed E-state index contributed by atoms with van der Waals surface area (Å²) in [6.07, 6.45) is -23.9. The summed E-state index contributed by atoms with van der Waals surface area (Å²) in [5.41, 5.74) is 0. The number of ether oxygens (including phenoxy) is 6. The van der Waals surface area contributed by atoms with Crippen LogP contribution in [0.5, 0.6) is 0 Å². The van der Waals surface area contributed by atoms with Gasteiger partial charge >= 0.3 is 0 Å². The van der Waals surface area contributed by atoms with Crippen molar-refractivity contribution in [1.82, 2.24) is 5.32 Å². The molecule has 1 amide bonds. The molecule has 19 nitrogen and oxygen atoms in total. The first-order valence-electron chi connectivity index (χ1n) is 15.1. The number of amides is 1. The van der Waals surface area contributed by atoms with E-state index < -0.39 is 118 Å². The van der Waals surface area contributed by atoms with Crippen LogP contribution < -0.4 is 5.32 Å². The van der Waals surface area contributed by atoms with E-state index in [1.165, 1.54) is 0 Å². The fraction of sp³-hybridized carbons (Fsp3) is 0.926. The Kier molecular flexibility index (Phi) is 15.5. The van der Waals surface area contributed by atoms with Crippen LogP contribution in [0.15, 0.2) is 0 Å². The SMILES string of the molecule is CCCC(=O)CCC(=O)NCCO[C@H]1O[C@H](CO[C@H]2O[C@H](CO)[C@@H](O)[C@H](O)[C@@H]2O)[C@@H](O)[C@H](O[C@H]2O[C@H](CO)[C@@H](O)[C@H](O)[C@@H]2O)[C@@H]1O. The zero-order valence-electron chi connectivity index (χ0n) is 25.3. The van der Waals surface area contributed by atoms with Crippen molar-refractivity contribution in [1.29, 1.82) is 0 Å². The molecule has 3 fully saturated rings. The molecule has 0 aromatic carbocycles. The zero-order chi connectivity index (χ0) is 34.1. The molecule has 3 heterocycles. The first-order valence-corrected chi connectivity index (χ1v) is 15.1. The fourth-order valence-electron chi connectivity index (χ4n) is 5.18. The fourth-order valence-corrected chi connectivity index (χ4v) is 5.18. The average Bonchev–Trinajstić information content (AvgIpc) is 3.04. The van der Waals surface area contributed by atoms with Gasteiger partial charge in [0.2, 0.25) is 5.91 Å². The van der Waals surface area contributed by atoms with E-state index in [0.29, 0.717) is 12.8 Å². The number of nitrogens with one attached hydrogen (secondary N) is 1. The van der Waals surface area contributed by atoms with E-state index >= 15 is 0 Å². The first-order chi connectivity index (χ1) is 21.8. The largest absolute Gasteiger partial charge is 0.394 e. The second-order valence-corrected chi connectivity index (χ2v) is 11.4. The van der Waals surface area contributed by atoms with Gasteiger partial charge in [-0.1, -0.05) is 6.92 Å². The Labute approximate surface area is 264 Å². The molecule has 0 saturated carbocycles. The Morgan fingerprint density at radius 2 is 1.17 bits per heavy atom. The summed E-state index contributed by atoms with van der Waals surface area (Å²) in [6.45, 7) is -0.575. The van der Waals surface area contributed by atoms with Gasteiger partial charge in [0.1, 0.15) is 79.0 Å². The van der Waals surface area contributed by atoms with E-state index in [4.69, 9.17) is 28.4 Å². The van der Waals surface area contributed by atoms with Gasteiger partial charge < -0.3 is 84.8 Å². The molecular formula is C27H47NO18. The summed E-state index contributed by atoms with van der Waals surface area (Å²) in [6, 6.07) is 0. The van der Waals surface area contributed by atoms with Gasteiger partial charge in [0.15, 0.2) is 18.9 Å². The molecule has 0 spiro atoms. The van der Waals surface area contributed by atoms with Crippen LogP contribution in [0, 0.1) is 0 Å². The Balaban J connectivity index is 1.68. The third-order valence-electron chi connectivity index (χ3n) is 7.92. The number of aliphatic hydroxyl groups excluding tert-OH is 10. The topological polar surface area (TPSA) is 304 Å². The van der Waals surface area contributed by atoms with Crippen molar-refractivity contribution < 1.29 is 89.1 Å². The van der Waals surface area contributed by atoms with Crippen LogP contribution in [0.25, 0.3) is 0 Å². The highest BCUT2D eigenvalue weighted by molar-refractivity contribution is 5.84. The van der Waals surface area contributed by atoms with Crippen LogP contribution in [-0.4, -0.2) is 188 Å². The highest BCUT2D eigenvalue weighted by Crippen LogP contribution is 2.31. The van der Waals surface area contributed by atoms with Gasteiger partial charge in [-0.2, -0.15) is 0 Å². The van der Waals surface area contributed by atoms with Crippen molar-refractivity contribution >= 4 is 11.7 Å². The minimum atomic E-state index is -1.89. The molecule has 11 N–H and O–H groups in total. The van der Waals surface area contributed by atoms with Crippen molar-refractivity contribution in [3.8, 4) is 0 Å². The molecule has 3 aliphatic rings. The van der Waals surface area contributed by atoms with Crippen molar-refractivity contribution in [2.24, 2.45) is 0 Å². The van der Waals surface area contributed by atoms with Gasteiger partial charge in [-0.25, -0.2) is 0 Å². The van der Waals surface area contributed by atoms with Gasteiger partial charge in [-0.3, -0.25) is 9.59 Å². The summed E-state index contributed by atoms with van der Waals surface area (Å²) < 4.78 is 33.0. The molecular weight excluding hydrogens is 626 g/mol. The molecule has 15 atom stereocenters. The number of aliphatic hydroxyl groups is 10. The average molecular weight is 674 g/mol. The smallest absolute Gasteiger partial charge is 0.220 e.